The standard InChI is InChI=1S/C13H18N2O4S/c1-6-5-20-10-7(14-12(19)13(2,3)4)9(16)15(10)8(6)11(17)18/h7,10H,5H2,1-4H3,(H,14,19)(H,17,18)/t7-,10-/m1/s1. The van der Waals surface area contributed by atoms with Crippen LogP contribution in [-0.4, -0.2) is 45.0 Å². The van der Waals surface area contributed by atoms with Crippen LogP contribution >= 0.6 is 11.8 Å². The number of thioether (sulfide) groups is 1. The molecular formula is C13H18N2O4S. The number of hydrogen-bond acceptors (Lipinski definition) is 4. The lowest BCUT2D eigenvalue weighted by Gasteiger charge is -2.49. The minimum Gasteiger partial charge on any atom is -0.477 e. The minimum atomic E-state index is -1.10. The van der Waals surface area contributed by atoms with Gasteiger partial charge < -0.3 is 10.4 Å². The maximum Gasteiger partial charge on any atom is 0.352 e. The number of nitrogens with one attached hydrogen (secondary N) is 1. The Hall–Kier alpha value is -1.50. The molecule has 2 aliphatic rings. The van der Waals surface area contributed by atoms with E-state index in [9.17, 15) is 19.5 Å². The molecule has 6 nitrogen and oxygen atoms in total. The molecule has 0 aromatic rings. The number of amides is 2. The quantitative estimate of drug-likeness (QED) is 0.736. The highest BCUT2D eigenvalue weighted by Gasteiger charge is 2.54. The van der Waals surface area contributed by atoms with E-state index in [-0.39, 0.29) is 22.9 Å². The van der Waals surface area contributed by atoms with E-state index in [0.29, 0.717) is 11.3 Å². The van der Waals surface area contributed by atoms with Gasteiger partial charge in [0.05, 0.1) is 0 Å². The van der Waals surface area contributed by atoms with Gasteiger partial charge in [-0.3, -0.25) is 14.5 Å². The smallest absolute Gasteiger partial charge is 0.352 e. The summed E-state index contributed by atoms with van der Waals surface area (Å²) in [6, 6.07) is -0.630. The number of carboxylic acid groups (broad SMARTS) is 1. The van der Waals surface area contributed by atoms with Crippen LogP contribution in [0.1, 0.15) is 27.7 Å². The van der Waals surface area contributed by atoms with Gasteiger partial charge in [-0.05, 0) is 12.5 Å². The van der Waals surface area contributed by atoms with Crippen LogP contribution in [0.2, 0.25) is 0 Å². The first kappa shape index (κ1) is 14.9. The summed E-state index contributed by atoms with van der Waals surface area (Å²) in [5.41, 5.74) is 0.147. The molecule has 2 amide bonds. The Morgan fingerprint density at radius 1 is 1.40 bits per heavy atom. The summed E-state index contributed by atoms with van der Waals surface area (Å²) in [4.78, 5) is 36.6. The predicted molar refractivity (Wildman–Crippen MR) is 74.8 cm³/mol. The molecule has 110 valence electrons. The van der Waals surface area contributed by atoms with Gasteiger partial charge >= 0.3 is 5.97 Å². The van der Waals surface area contributed by atoms with Crippen molar-refractivity contribution >= 4 is 29.5 Å². The molecule has 1 saturated heterocycles. The fourth-order valence-electron chi connectivity index (χ4n) is 2.13. The molecule has 0 radical (unpaired) electrons. The van der Waals surface area contributed by atoms with Gasteiger partial charge in [-0.15, -0.1) is 11.8 Å². The summed E-state index contributed by atoms with van der Waals surface area (Å²) < 4.78 is 0. The van der Waals surface area contributed by atoms with E-state index in [1.165, 1.54) is 16.7 Å². The average Bonchev–Trinajstić information content (AvgIpc) is 2.33. The number of carbonyl (C=O) groups excluding carboxylic acids is 2. The summed E-state index contributed by atoms with van der Waals surface area (Å²) in [5.74, 6) is -1.10. The van der Waals surface area contributed by atoms with E-state index in [0.717, 1.165) is 0 Å². The second-order valence-corrected chi connectivity index (χ2v) is 7.15. The average molecular weight is 298 g/mol. The van der Waals surface area contributed by atoms with Crippen molar-refractivity contribution in [1.29, 1.82) is 0 Å². The molecule has 20 heavy (non-hydrogen) atoms. The fourth-order valence-corrected chi connectivity index (χ4v) is 3.43. The molecule has 2 atom stereocenters. The van der Waals surface area contributed by atoms with Gasteiger partial charge in [0.15, 0.2) is 0 Å². The van der Waals surface area contributed by atoms with Crippen molar-refractivity contribution in [2.75, 3.05) is 5.75 Å². The Balaban J connectivity index is 2.16. The largest absolute Gasteiger partial charge is 0.477 e. The maximum atomic E-state index is 12.1. The first-order valence-electron chi connectivity index (χ1n) is 6.33. The van der Waals surface area contributed by atoms with Gasteiger partial charge in [-0.2, -0.15) is 0 Å². The summed E-state index contributed by atoms with van der Waals surface area (Å²) in [7, 11) is 0. The monoisotopic (exact) mass is 298 g/mol. The second-order valence-electron chi connectivity index (χ2n) is 6.05. The molecule has 0 spiro atoms. The second kappa shape index (κ2) is 4.80. The molecule has 0 aromatic carbocycles. The fraction of sp³-hybridized carbons (Fsp3) is 0.615. The SMILES string of the molecule is CC1=C(C(=O)O)N2C(=O)[C@@H](NC(=O)C(C)(C)C)[C@H]2SC1. The summed E-state index contributed by atoms with van der Waals surface area (Å²) >= 11 is 1.48. The van der Waals surface area contributed by atoms with Crippen LogP contribution in [0.15, 0.2) is 11.3 Å². The number of nitrogens with zero attached hydrogens (tertiary/aromatic N) is 1. The van der Waals surface area contributed by atoms with Crippen LogP contribution < -0.4 is 5.32 Å². The number of aliphatic carboxylic acids is 1. The van der Waals surface area contributed by atoms with Crippen molar-refractivity contribution in [3.63, 3.8) is 0 Å². The van der Waals surface area contributed by atoms with Crippen molar-refractivity contribution in [1.82, 2.24) is 10.2 Å². The lowest BCUT2D eigenvalue weighted by atomic mass is 9.94. The van der Waals surface area contributed by atoms with Gasteiger partial charge in [0.25, 0.3) is 5.91 Å². The lowest BCUT2D eigenvalue weighted by Crippen LogP contribution is -2.71. The van der Waals surface area contributed by atoms with Gasteiger partial charge in [0, 0.05) is 11.2 Å². The molecule has 0 bridgehead atoms. The number of carbonyl (C=O) groups is 3. The number of hydrogen-bond donors (Lipinski definition) is 2. The molecule has 0 aliphatic carbocycles. The van der Waals surface area contributed by atoms with Crippen LogP contribution in [0, 0.1) is 5.41 Å². The van der Waals surface area contributed by atoms with Gasteiger partial charge in [-0.1, -0.05) is 20.8 Å². The summed E-state index contributed by atoms with van der Waals surface area (Å²) in [6.07, 6.45) is 0. The van der Waals surface area contributed by atoms with Crippen molar-refractivity contribution in [2.24, 2.45) is 5.41 Å². The Kier molecular flexibility index (Phi) is 3.58. The highest BCUT2D eigenvalue weighted by molar-refractivity contribution is 8.00. The normalized spacial score (nSPS) is 26.0. The minimum absolute atomic E-state index is 0.0556. The van der Waals surface area contributed by atoms with E-state index in [2.05, 4.69) is 5.32 Å². The first-order chi connectivity index (χ1) is 9.14. The summed E-state index contributed by atoms with van der Waals surface area (Å²) in [5, 5.41) is 11.6. The molecule has 1 fully saturated rings. The predicted octanol–water partition coefficient (Wildman–Crippen LogP) is 0.791. The van der Waals surface area contributed by atoms with Crippen LogP contribution in [-0.2, 0) is 14.4 Å². The van der Waals surface area contributed by atoms with Crippen molar-refractivity contribution in [3.05, 3.63) is 11.3 Å². The van der Waals surface area contributed by atoms with E-state index in [1.807, 2.05) is 0 Å². The highest BCUT2D eigenvalue weighted by Crippen LogP contribution is 2.40. The Morgan fingerprint density at radius 3 is 2.50 bits per heavy atom. The number of β-lactam (4-membered cyclic amide) rings is 1. The van der Waals surface area contributed by atoms with Gasteiger partial charge in [0.2, 0.25) is 5.91 Å². The van der Waals surface area contributed by atoms with Crippen LogP contribution in [0.5, 0.6) is 0 Å². The zero-order valence-corrected chi connectivity index (χ0v) is 12.7. The van der Waals surface area contributed by atoms with Gasteiger partial charge in [-0.25, -0.2) is 4.79 Å². The van der Waals surface area contributed by atoms with E-state index in [4.69, 9.17) is 0 Å². The zero-order chi connectivity index (χ0) is 15.2. The van der Waals surface area contributed by atoms with E-state index in [1.54, 1.807) is 27.7 Å². The third-order valence-electron chi connectivity index (χ3n) is 3.33. The molecule has 2 aliphatic heterocycles. The number of fused-ring (bicyclic) bond motifs is 1. The van der Waals surface area contributed by atoms with E-state index >= 15 is 0 Å². The van der Waals surface area contributed by atoms with Crippen LogP contribution in [0.25, 0.3) is 0 Å². The van der Waals surface area contributed by atoms with Crippen LogP contribution in [0.3, 0.4) is 0 Å². The molecule has 2 N–H and O–H groups in total. The van der Waals surface area contributed by atoms with Crippen LogP contribution in [0.4, 0.5) is 0 Å². The Bertz CT molecular complexity index is 521. The summed E-state index contributed by atoms with van der Waals surface area (Å²) in [6.45, 7) is 7.01. The van der Waals surface area contributed by atoms with Gasteiger partial charge in [0.1, 0.15) is 17.1 Å². The molecule has 7 heteroatoms. The molecular weight excluding hydrogens is 280 g/mol. The Morgan fingerprint density at radius 2 is 2.00 bits per heavy atom. The molecule has 0 aromatic heterocycles. The molecule has 2 rings (SSSR count). The zero-order valence-electron chi connectivity index (χ0n) is 11.9. The van der Waals surface area contributed by atoms with Crippen molar-refractivity contribution in [2.45, 2.75) is 39.1 Å². The van der Waals surface area contributed by atoms with Crippen molar-refractivity contribution < 1.29 is 19.5 Å². The number of carboxylic acids is 1. The third-order valence-corrected chi connectivity index (χ3v) is 4.75. The number of rotatable bonds is 2. The molecule has 0 unspecified atom stereocenters. The molecule has 0 saturated carbocycles. The first-order valence-corrected chi connectivity index (χ1v) is 7.38. The topological polar surface area (TPSA) is 86.7 Å². The Labute approximate surface area is 121 Å². The lowest BCUT2D eigenvalue weighted by molar-refractivity contribution is -0.151. The van der Waals surface area contributed by atoms with E-state index < -0.39 is 17.4 Å². The highest BCUT2D eigenvalue weighted by atomic mass is 32.2. The maximum absolute atomic E-state index is 12.1. The third kappa shape index (κ3) is 2.30. The molecule has 2 heterocycles. The van der Waals surface area contributed by atoms with Crippen molar-refractivity contribution in [3.8, 4) is 0 Å².